The molecule has 0 radical (unpaired) electrons. The predicted molar refractivity (Wildman–Crippen MR) is 462 cm³/mol. The van der Waals surface area contributed by atoms with Crippen LogP contribution in [0.2, 0.25) is 0 Å². The van der Waals surface area contributed by atoms with Gasteiger partial charge in [0.25, 0.3) is 0 Å². The number of carbonyl (C=O) groups excluding carboxylic acids is 4. The SMILES string of the molecule is CCCCCC/C=C\CCCCCCCCCC(=O)OCC(COP(=O)(O)OC1C(OC2OC(CO)C(O)C(O)C2O)C(O)C(O)C(OC(=O)CCCCCCCCC(C)CCCCCCCC)C1OC1OC(COC(=O)CCCCCCCCCCCCCCC)C(O)C(O)C1O)OC(=O)CCCCCCCCC(C)CCCCCCCC. The van der Waals surface area contributed by atoms with Crippen molar-refractivity contribution in [1.29, 1.82) is 0 Å². The summed E-state index contributed by atoms with van der Waals surface area (Å²) in [6, 6.07) is 0. The maximum absolute atomic E-state index is 14.9. The van der Waals surface area contributed by atoms with Crippen LogP contribution >= 0.6 is 7.82 Å². The van der Waals surface area contributed by atoms with Crippen LogP contribution in [0.1, 0.15) is 414 Å². The molecule has 2 aliphatic heterocycles. The molecule has 0 spiro atoms. The zero-order chi connectivity index (χ0) is 87.1. The van der Waals surface area contributed by atoms with E-state index in [1.807, 2.05) is 0 Å². The number of aliphatic hydroxyl groups is 9. The van der Waals surface area contributed by atoms with Crippen LogP contribution < -0.4 is 0 Å². The van der Waals surface area contributed by atoms with E-state index in [-0.39, 0.29) is 25.7 Å². The summed E-state index contributed by atoms with van der Waals surface area (Å²) in [7, 11) is -5.81. The van der Waals surface area contributed by atoms with E-state index in [2.05, 4.69) is 53.7 Å². The van der Waals surface area contributed by atoms with Gasteiger partial charge in [0, 0.05) is 25.7 Å². The Morgan fingerprint density at radius 2 is 0.681 bits per heavy atom. The number of ether oxygens (including phenoxy) is 8. The normalized spacial score (nSPS) is 25.4. The quantitative estimate of drug-likeness (QED) is 0.00889. The maximum atomic E-state index is 14.9. The molecular weight excluding hydrogens is 1550 g/mol. The molecule has 10 N–H and O–H groups in total. The first-order chi connectivity index (χ1) is 57.5. The molecule has 0 aromatic rings. The highest BCUT2D eigenvalue weighted by molar-refractivity contribution is 7.47. The highest BCUT2D eigenvalue weighted by Crippen LogP contribution is 2.49. The van der Waals surface area contributed by atoms with E-state index in [4.69, 9.17) is 46.9 Å². The lowest BCUT2D eigenvalue weighted by Gasteiger charge is -2.50. The minimum absolute atomic E-state index is 0.0176. The smallest absolute Gasteiger partial charge is 0.463 e. The van der Waals surface area contributed by atoms with E-state index in [9.17, 15) is 74.6 Å². The summed E-state index contributed by atoms with van der Waals surface area (Å²) in [5.74, 6) is -1.66. The van der Waals surface area contributed by atoms with Crippen LogP contribution in [0, 0.1) is 11.8 Å². The van der Waals surface area contributed by atoms with E-state index in [0.717, 1.165) is 148 Å². The third-order valence-corrected chi connectivity index (χ3v) is 25.0. The molecule has 0 aromatic heterocycles. The Labute approximate surface area is 718 Å². The topological polar surface area (TPSA) is 380 Å². The molecule has 0 aromatic carbocycles. The summed E-state index contributed by atoms with van der Waals surface area (Å²) in [6.45, 7) is 10.2. The Morgan fingerprint density at radius 3 is 1.09 bits per heavy atom. The van der Waals surface area contributed by atoms with Crippen LogP contribution in [0.5, 0.6) is 0 Å². The number of rotatable bonds is 77. The summed E-state index contributed by atoms with van der Waals surface area (Å²) in [5.41, 5.74) is 0. The average molecular weight is 1720 g/mol. The molecule has 1 saturated carbocycles. The van der Waals surface area contributed by atoms with Gasteiger partial charge in [-0.25, -0.2) is 4.57 Å². The first-order valence-electron chi connectivity index (χ1n) is 48.2. The van der Waals surface area contributed by atoms with Gasteiger partial charge >= 0.3 is 31.7 Å². The highest BCUT2D eigenvalue weighted by atomic mass is 31.2. The lowest BCUT2D eigenvalue weighted by molar-refractivity contribution is -0.360. The van der Waals surface area contributed by atoms with Crippen molar-refractivity contribution in [2.24, 2.45) is 11.8 Å². The Morgan fingerprint density at radius 1 is 0.353 bits per heavy atom. The van der Waals surface area contributed by atoms with Crippen LogP contribution in [0.3, 0.4) is 0 Å². The Kier molecular flexibility index (Phi) is 65.2. The number of phosphoric ester groups is 1. The van der Waals surface area contributed by atoms with Crippen molar-refractivity contribution in [1.82, 2.24) is 0 Å². The first-order valence-corrected chi connectivity index (χ1v) is 49.7. The van der Waals surface area contributed by atoms with E-state index >= 15 is 0 Å². The molecule has 119 heavy (non-hydrogen) atoms. The summed E-state index contributed by atoms with van der Waals surface area (Å²) in [4.78, 5) is 66.6. The van der Waals surface area contributed by atoms with Gasteiger partial charge in [0.2, 0.25) is 0 Å². The van der Waals surface area contributed by atoms with Crippen molar-refractivity contribution in [3.05, 3.63) is 12.2 Å². The zero-order valence-electron chi connectivity index (χ0n) is 75.0. The number of esters is 4. The van der Waals surface area contributed by atoms with E-state index in [1.165, 1.54) is 167 Å². The van der Waals surface area contributed by atoms with Crippen molar-refractivity contribution in [3.8, 4) is 0 Å². The van der Waals surface area contributed by atoms with Gasteiger partial charge in [-0.3, -0.25) is 28.2 Å². The standard InChI is InChI=1S/C93H173O25P/c1-7-11-15-19-23-25-27-29-30-32-34-35-37-47-55-63-76(95)109-68-73(112-78(97)65-57-49-41-39-45-53-61-71(5)59-51-43-21-17-13-9-3)69-111-119(107,108)118-91-89(116-92-86(105)82(101)80(99)74(67-94)113-92)85(104)84(103)88(115-79(98)66-58-50-42-40-46-54-62-72(6)60-52-44-22-18-14-10-4)90(91)117-93-87(106)83(102)81(100)75(114-93)70-110-77(96)64-56-48-38-36-33-31-28-26-24-20-16-12-8-2/h25,27,71-75,80-94,99-106H,7-24,26,28-70H2,1-6H3,(H,107,108)/b27-25-. The molecule has 20 unspecified atom stereocenters. The second kappa shape index (κ2) is 70.3. The Hall–Kier alpha value is -2.79. The molecule has 1 aliphatic carbocycles. The summed E-state index contributed by atoms with van der Waals surface area (Å²) in [5, 5.41) is 102. The van der Waals surface area contributed by atoms with Crippen LogP contribution in [-0.4, -0.2) is 205 Å². The van der Waals surface area contributed by atoms with Crippen LogP contribution in [0.4, 0.5) is 0 Å². The fourth-order valence-corrected chi connectivity index (χ4v) is 17.2. The van der Waals surface area contributed by atoms with Gasteiger partial charge in [-0.2, -0.15) is 0 Å². The number of phosphoric acid groups is 1. The summed E-state index contributed by atoms with van der Waals surface area (Å²) in [6.07, 6.45) is 26.3. The van der Waals surface area contributed by atoms with Gasteiger partial charge in [-0.15, -0.1) is 0 Å². The number of carbonyl (C=O) groups is 4. The zero-order valence-corrected chi connectivity index (χ0v) is 75.9. The van der Waals surface area contributed by atoms with Crippen LogP contribution in [-0.2, 0) is 70.7 Å². The molecule has 26 heteroatoms. The van der Waals surface area contributed by atoms with Crippen LogP contribution in [0.25, 0.3) is 0 Å². The number of aliphatic hydroxyl groups excluding tert-OH is 9. The molecule has 2 heterocycles. The van der Waals surface area contributed by atoms with E-state index in [0.29, 0.717) is 43.9 Å². The van der Waals surface area contributed by atoms with Gasteiger partial charge < -0.3 is 88.7 Å². The average Bonchev–Trinajstić information content (AvgIpc) is 0.754. The molecule has 2 saturated heterocycles. The Balaban J connectivity index is 1.93. The lowest BCUT2D eigenvalue weighted by Crippen LogP contribution is -2.70. The van der Waals surface area contributed by atoms with Crippen molar-refractivity contribution < 1.29 is 122 Å². The van der Waals surface area contributed by atoms with Crippen molar-refractivity contribution in [3.63, 3.8) is 0 Å². The maximum Gasteiger partial charge on any atom is 0.472 e. The second-order valence-corrected chi connectivity index (χ2v) is 36.5. The van der Waals surface area contributed by atoms with Crippen molar-refractivity contribution >= 4 is 31.7 Å². The number of allylic oxidation sites excluding steroid dienone is 2. The van der Waals surface area contributed by atoms with E-state index < -0.39 is 162 Å². The molecule has 3 rings (SSSR count). The second-order valence-electron chi connectivity index (χ2n) is 35.1. The lowest BCUT2D eigenvalue weighted by atomic mass is 9.84. The molecule has 0 amide bonds. The first kappa shape index (κ1) is 110. The molecule has 700 valence electrons. The molecule has 3 fully saturated rings. The number of hydrogen-bond acceptors (Lipinski definition) is 24. The third-order valence-electron chi connectivity index (χ3n) is 24.1. The van der Waals surface area contributed by atoms with Gasteiger partial charge in [0.05, 0.1) is 13.2 Å². The molecule has 20 atom stereocenters. The minimum atomic E-state index is -5.81. The molecular formula is C93H173O25P. The fourth-order valence-electron chi connectivity index (χ4n) is 16.2. The fraction of sp³-hybridized carbons (Fsp3) is 0.935. The summed E-state index contributed by atoms with van der Waals surface area (Å²) >= 11 is 0. The van der Waals surface area contributed by atoms with Crippen molar-refractivity contribution in [2.75, 3.05) is 26.4 Å². The van der Waals surface area contributed by atoms with Gasteiger partial charge in [-0.05, 0) is 63.2 Å². The Bertz CT molecular complexity index is 2550. The molecule has 3 aliphatic rings. The van der Waals surface area contributed by atoms with Gasteiger partial charge in [-0.1, -0.05) is 349 Å². The van der Waals surface area contributed by atoms with Gasteiger partial charge in [0.15, 0.2) is 24.8 Å². The predicted octanol–water partition coefficient (Wildman–Crippen LogP) is 18.0. The van der Waals surface area contributed by atoms with Gasteiger partial charge in [0.1, 0.15) is 92.6 Å². The largest absolute Gasteiger partial charge is 0.472 e. The summed E-state index contributed by atoms with van der Waals surface area (Å²) < 4.78 is 73.6. The third kappa shape index (κ3) is 51.0. The number of unbranched alkanes of at least 4 members (excludes halogenated alkanes) is 43. The number of hydrogen-bond donors (Lipinski definition) is 10. The minimum Gasteiger partial charge on any atom is -0.463 e. The van der Waals surface area contributed by atoms with Crippen molar-refractivity contribution in [2.45, 2.75) is 518 Å². The van der Waals surface area contributed by atoms with E-state index in [1.54, 1.807) is 0 Å². The van der Waals surface area contributed by atoms with Crippen LogP contribution in [0.15, 0.2) is 12.2 Å². The highest BCUT2D eigenvalue weighted by Gasteiger charge is 2.60. The molecule has 0 bridgehead atoms. The molecule has 25 nitrogen and oxygen atoms in total. The monoisotopic (exact) mass is 1720 g/mol.